The molecular weight excluding hydrogens is 425 g/mol. The molecule has 0 spiro atoms. The van der Waals surface area contributed by atoms with Gasteiger partial charge in [0.1, 0.15) is 0 Å². The summed E-state index contributed by atoms with van der Waals surface area (Å²) in [5.74, 6) is -0.0430. The van der Waals surface area contributed by atoms with E-state index in [1.54, 1.807) is 40.5 Å². The van der Waals surface area contributed by atoms with Crippen molar-refractivity contribution in [3.63, 3.8) is 0 Å². The molecule has 0 bridgehead atoms. The van der Waals surface area contributed by atoms with Crippen molar-refractivity contribution in [1.82, 2.24) is 9.88 Å². The number of amides is 1. The number of aromatic nitrogens is 1. The van der Waals surface area contributed by atoms with E-state index in [-0.39, 0.29) is 18.3 Å². The normalized spacial score (nSPS) is 10.9. The maximum Gasteiger partial charge on any atom is 0.260 e. The van der Waals surface area contributed by atoms with Gasteiger partial charge in [-0.15, -0.1) is 12.4 Å². The molecule has 0 aliphatic carbocycles. The van der Waals surface area contributed by atoms with Crippen LogP contribution in [0.25, 0.3) is 10.2 Å². The van der Waals surface area contributed by atoms with Crippen molar-refractivity contribution in [3.8, 4) is 0 Å². The number of fused-ring (bicyclic) bond motifs is 1. The molecule has 4 nitrogen and oxygen atoms in total. The van der Waals surface area contributed by atoms with Crippen LogP contribution in [0.2, 0.25) is 5.02 Å². The minimum absolute atomic E-state index is 0. The van der Waals surface area contributed by atoms with Crippen molar-refractivity contribution in [2.45, 2.75) is 27.2 Å². The van der Waals surface area contributed by atoms with Crippen molar-refractivity contribution >= 4 is 56.6 Å². The van der Waals surface area contributed by atoms with Crippen LogP contribution in [0.4, 0.5) is 5.13 Å². The second-order valence-electron chi connectivity index (χ2n) is 6.64. The summed E-state index contributed by atoms with van der Waals surface area (Å²) < 4.78 is 1.12. The van der Waals surface area contributed by atoms with Crippen molar-refractivity contribution in [3.05, 3.63) is 58.6 Å². The summed E-state index contributed by atoms with van der Waals surface area (Å²) >= 11 is 7.57. The number of carbonyl (C=O) groups is 1. The second-order valence-corrected chi connectivity index (χ2v) is 8.09. The number of aryl methyl sites for hydroxylation is 1. The molecule has 0 fully saturated rings. The SMILES string of the molecule is CCc1ccc2nc(N(CCN(CC)CC)C(=O)c3ccc(Cl)cc3)sc2c1.Cl. The number of benzene rings is 2. The van der Waals surface area contributed by atoms with Crippen LogP contribution in [0.1, 0.15) is 36.7 Å². The Kier molecular flexibility index (Phi) is 8.90. The number of nitrogens with zero attached hydrogens (tertiary/aromatic N) is 3. The summed E-state index contributed by atoms with van der Waals surface area (Å²) in [6.45, 7) is 9.74. The van der Waals surface area contributed by atoms with Crippen LogP contribution in [-0.4, -0.2) is 42.0 Å². The van der Waals surface area contributed by atoms with Gasteiger partial charge in [-0.1, -0.05) is 49.8 Å². The number of halogens is 2. The van der Waals surface area contributed by atoms with E-state index in [1.165, 1.54) is 5.56 Å². The third-order valence-electron chi connectivity index (χ3n) is 4.95. The van der Waals surface area contributed by atoms with E-state index in [1.807, 2.05) is 6.07 Å². The lowest BCUT2D eigenvalue weighted by Gasteiger charge is -2.24. The first-order chi connectivity index (χ1) is 13.5. The molecule has 156 valence electrons. The highest BCUT2D eigenvalue weighted by molar-refractivity contribution is 7.22. The molecule has 0 saturated heterocycles. The standard InChI is InChI=1S/C22H26ClN3OS.ClH/c1-4-16-7-12-19-20(15-16)28-22(24-19)26(14-13-25(5-2)6-3)21(27)17-8-10-18(23)11-9-17;/h7-12,15H,4-6,13-14H2,1-3H3;1H. The molecule has 29 heavy (non-hydrogen) atoms. The molecular formula is C22H27Cl2N3OS. The lowest BCUT2D eigenvalue weighted by Crippen LogP contribution is -2.38. The third kappa shape index (κ3) is 5.70. The number of carbonyl (C=O) groups excluding carboxylic acids is 1. The van der Waals surface area contributed by atoms with E-state index in [2.05, 4.69) is 37.8 Å². The van der Waals surface area contributed by atoms with Gasteiger partial charge in [0.15, 0.2) is 5.13 Å². The fourth-order valence-electron chi connectivity index (χ4n) is 3.11. The average Bonchev–Trinajstić information content (AvgIpc) is 3.14. The quantitative estimate of drug-likeness (QED) is 0.426. The van der Waals surface area contributed by atoms with E-state index < -0.39 is 0 Å². The molecule has 3 rings (SSSR count). The van der Waals surface area contributed by atoms with Gasteiger partial charge in [-0.05, 0) is 61.5 Å². The fourth-order valence-corrected chi connectivity index (χ4v) is 4.29. The first-order valence-corrected chi connectivity index (χ1v) is 10.9. The number of thiazole rings is 1. The number of likely N-dealkylation sites (N-methyl/N-ethyl adjacent to an activating group) is 1. The van der Waals surface area contributed by atoms with E-state index in [0.29, 0.717) is 17.1 Å². The van der Waals surface area contributed by atoms with Gasteiger partial charge in [0.2, 0.25) is 0 Å². The monoisotopic (exact) mass is 451 g/mol. The second kappa shape index (κ2) is 10.9. The Morgan fingerprint density at radius 1 is 1.03 bits per heavy atom. The smallest absolute Gasteiger partial charge is 0.260 e. The molecule has 2 aromatic carbocycles. The van der Waals surface area contributed by atoms with Gasteiger partial charge in [-0.2, -0.15) is 0 Å². The summed E-state index contributed by atoms with van der Waals surface area (Å²) in [5, 5.41) is 1.37. The van der Waals surface area contributed by atoms with Gasteiger partial charge in [0.05, 0.1) is 10.2 Å². The van der Waals surface area contributed by atoms with Crippen LogP contribution in [0.3, 0.4) is 0 Å². The van der Waals surface area contributed by atoms with Gasteiger partial charge in [-0.25, -0.2) is 4.98 Å². The Bertz CT molecular complexity index is 939. The number of hydrogen-bond donors (Lipinski definition) is 0. The fraction of sp³-hybridized carbons (Fsp3) is 0.364. The van der Waals surface area contributed by atoms with Crippen molar-refractivity contribution < 1.29 is 4.79 Å². The van der Waals surface area contributed by atoms with Gasteiger partial charge in [0, 0.05) is 23.7 Å². The highest BCUT2D eigenvalue weighted by Crippen LogP contribution is 2.30. The Hall–Kier alpha value is -1.66. The van der Waals surface area contributed by atoms with Crippen molar-refractivity contribution in [2.75, 3.05) is 31.1 Å². The maximum atomic E-state index is 13.3. The topological polar surface area (TPSA) is 36.4 Å². The van der Waals surface area contributed by atoms with E-state index in [9.17, 15) is 4.79 Å². The summed E-state index contributed by atoms with van der Waals surface area (Å²) in [5.41, 5.74) is 2.84. The van der Waals surface area contributed by atoms with Crippen LogP contribution >= 0.6 is 35.3 Å². The van der Waals surface area contributed by atoms with Crippen molar-refractivity contribution in [1.29, 1.82) is 0 Å². The molecule has 0 aliphatic rings. The summed E-state index contributed by atoms with van der Waals surface area (Å²) in [6, 6.07) is 13.4. The molecule has 1 amide bonds. The molecule has 7 heteroatoms. The lowest BCUT2D eigenvalue weighted by molar-refractivity contribution is 0.0984. The molecule has 1 aromatic heterocycles. The molecule has 0 atom stereocenters. The van der Waals surface area contributed by atoms with Gasteiger partial charge < -0.3 is 4.90 Å². The Labute approximate surface area is 187 Å². The molecule has 0 saturated carbocycles. The van der Waals surface area contributed by atoms with Crippen LogP contribution in [-0.2, 0) is 6.42 Å². The third-order valence-corrected chi connectivity index (χ3v) is 6.24. The summed E-state index contributed by atoms with van der Waals surface area (Å²) in [7, 11) is 0. The molecule has 0 aliphatic heterocycles. The molecule has 3 aromatic rings. The minimum Gasteiger partial charge on any atom is -0.302 e. The molecule has 0 N–H and O–H groups in total. The van der Waals surface area contributed by atoms with Crippen LogP contribution < -0.4 is 4.90 Å². The first kappa shape index (κ1) is 23.6. The van der Waals surface area contributed by atoms with Crippen LogP contribution in [0, 0.1) is 0 Å². The number of hydrogen-bond acceptors (Lipinski definition) is 4. The average molecular weight is 452 g/mol. The molecule has 0 radical (unpaired) electrons. The van der Waals surface area contributed by atoms with Gasteiger partial charge >= 0.3 is 0 Å². The first-order valence-electron chi connectivity index (χ1n) is 9.74. The summed E-state index contributed by atoms with van der Waals surface area (Å²) in [4.78, 5) is 22.2. The predicted octanol–water partition coefficient (Wildman–Crippen LogP) is 5.92. The summed E-state index contributed by atoms with van der Waals surface area (Å²) in [6.07, 6.45) is 0.985. The molecule has 0 unspecified atom stereocenters. The van der Waals surface area contributed by atoms with Gasteiger partial charge in [0.25, 0.3) is 5.91 Å². The van der Waals surface area contributed by atoms with Crippen LogP contribution in [0.15, 0.2) is 42.5 Å². The molecule has 1 heterocycles. The zero-order valence-electron chi connectivity index (χ0n) is 17.0. The Morgan fingerprint density at radius 2 is 1.72 bits per heavy atom. The number of anilines is 1. The predicted molar refractivity (Wildman–Crippen MR) is 127 cm³/mol. The zero-order valence-corrected chi connectivity index (χ0v) is 19.4. The zero-order chi connectivity index (χ0) is 20.1. The minimum atomic E-state index is -0.0430. The van der Waals surface area contributed by atoms with E-state index in [0.717, 1.165) is 41.4 Å². The van der Waals surface area contributed by atoms with E-state index >= 15 is 0 Å². The highest BCUT2D eigenvalue weighted by atomic mass is 35.5. The van der Waals surface area contributed by atoms with Crippen LogP contribution in [0.5, 0.6) is 0 Å². The lowest BCUT2D eigenvalue weighted by atomic mass is 10.2. The van der Waals surface area contributed by atoms with Crippen molar-refractivity contribution in [2.24, 2.45) is 0 Å². The van der Waals surface area contributed by atoms with E-state index in [4.69, 9.17) is 16.6 Å². The van der Waals surface area contributed by atoms with Gasteiger partial charge in [-0.3, -0.25) is 9.69 Å². The maximum absolute atomic E-state index is 13.3. The number of rotatable bonds is 8. The Morgan fingerprint density at radius 3 is 2.34 bits per heavy atom. The highest BCUT2D eigenvalue weighted by Gasteiger charge is 2.22. The largest absolute Gasteiger partial charge is 0.302 e. The Balaban J connectivity index is 0.00000300.